The number of halogens is 1. The highest BCUT2D eigenvalue weighted by atomic mass is 19.1. The maximum Gasteiger partial charge on any atom is 0.159 e. The third-order valence-corrected chi connectivity index (χ3v) is 6.51. The molecule has 176 valence electrons. The zero-order valence-electron chi connectivity index (χ0n) is 19.8. The Morgan fingerprint density at radius 1 is 1.09 bits per heavy atom. The van der Waals surface area contributed by atoms with Crippen LogP contribution in [0.1, 0.15) is 42.3 Å². The van der Waals surface area contributed by atoms with Crippen molar-refractivity contribution in [3.8, 4) is 17.1 Å². The molecule has 0 radical (unpaired) electrons. The van der Waals surface area contributed by atoms with Gasteiger partial charge in [-0.1, -0.05) is 6.92 Å². The van der Waals surface area contributed by atoms with Gasteiger partial charge in [-0.25, -0.2) is 19.0 Å². The van der Waals surface area contributed by atoms with Gasteiger partial charge in [0.15, 0.2) is 11.6 Å². The number of nitrogens with zero attached hydrogens (tertiary/aromatic N) is 6. The predicted molar refractivity (Wildman–Crippen MR) is 128 cm³/mol. The molecule has 0 saturated heterocycles. The molecule has 1 fully saturated rings. The van der Waals surface area contributed by atoms with Gasteiger partial charge in [0.05, 0.1) is 17.0 Å². The predicted octanol–water partition coefficient (Wildman–Crippen LogP) is 4.19. The molecule has 3 aromatic heterocycles. The Morgan fingerprint density at radius 2 is 1.82 bits per heavy atom. The number of nitrogens with one attached hydrogen (secondary N) is 1. The lowest BCUT2D eigenvalue weighted by molar-refractivity contribution is 0.150. The molecule has 1 aliphatic carbocycles. The van der Waals surface area contributed by atoms with E-state index >= 15 is 0 Å². The van der Waals surface area contributed by atoms with Crippen LogP contribution >= 0.6 is 0 Å². The monoisotopic (exact) mass is 461 g/mol. The molecular formula is C25H28FN7O. The molecule has 4 aromatic rings. The fourth-order valence-electron chi connectivity index (χ4n) is 4.43. The number of aromatic nitrogens is 6. The average Bonchev–Trinajstić information content (AvgIpc) is 3.38. The van der Waals surface area contributed by atoms with Crippen LogP contribution in [0, 0.1) is 19.7 Å². The highest BCUT2D eigenvalue weighted by molar-refractivity contribution is 5.72. The third kappa shape index (κ3) is 4.07. The fraction of sp³-hybridized carbons (Fsp3) is 0.360. The van der Waals surface area contributed by atoms with Crippen LogP contribution in [0.25, 0.3) is 17.1 Å². The van der Waals surface area contributed by atoms with Crippen LogP contribution in [0.4, 0.5) is 16.0 Å². The SMILES string of the molecule is CCc1c(Nc2cc(-n3nc(C)c(CC4(O)CC4)c3C)ncn2)nn(C)c1-c1ccc(F)cc1. The Bertz CT molecular complexity index is 1350. The molecule has 0 bridgehead atoms. The number of rotatable bonds is 7. The molecular weight excluding hydrogens is 433 g/mol. The number of anilines is 2. The highest BCUT2D eigenvalue weighted by Crippen LogP contribution is 2.39. The van der Waals surface area contributed by atoms with E-state index in [1.165, 1.54) is 18.5 Å². The molecule has 1 saturated carbocycles. The minimum absolute atomic E-state index is 0.269. The van der Waals surface area contributed by atoms with E-state index in [2.05, 4.69) is 32.4 Å². The van der Waals surface area contributed by atoms with E-state index in [-0.39, 0.29) is 5.82 Å². The summed E-state index contributed by atoms with van der Waals surface area (Å²) in [5.74, 6) is 1.66. The van der Waals surface area contributed by atoms with Crippen LogP contribution < -0.4 is 5.32 Å². The summed E-state index contributed by atoms with van der Waals surface area (Å²) in [6, 6.07) is 8.26. The van der Waals surface area contributed by atoms with Gasteiger partial charge in [0.1, 0.15) is 18.0 Å². The normalized spacial score (nSPS) is 14.4. The van der Waals surface area contributed by atoms with Crippen LogP contribution in [-0.2, 0) is 19.9 Å². The number of aliphatic hydroxyl groups is 1. The maximum atomic E-state index is 13.4. The van der Waals surface area contributed by atoms with Crippen LogP contribution in [-0.4, -0.2) is 40.2 Å². The van der Waals surface area contributed by atoms with Crippen molar-refractivity contribution in [3.05, 3.63) is 65.0 Å². The first kappa shape index (κ1) is 22.2. The van der Waals surface area contributed by atoms with Gasteiger partial charge in [-0.2, -0.15) is 10.2 Å². The minimum Gasteiger partial charge on any atom is -0.390 e. The standard InChI is InChI=1S/C25H28FN7O/c1-5-19-23(17-6-8-18(26)9-7-17)32(4)31-24(19)29-21-12-22(28-14-27-21)33-16(3)20(15(2)30-33)13-25(34)10-11-25/h6-9,12,14,34H,5,10-11,13H2,1-4H3,(H,27,28,29,31). The van der Waals surface area contributed by atoms with Gasteiger partial charge in [0.2, 0.25) is 0 Å². The molecule has 3 heterocycles. The summed E-state index contributed by atoms with van der Waals surface area (Å²) in [6.07, 6.45) is 4.52. The summed E-state index contributed by atoms with van der Waals surface area (Å²) in [6.45, 7) is 6.02. The zero-order valence-corrected chi connectivity index (χ0v) is 19.8. The number of aryl methyl sites for hydroxylation is 2. The quantitative estimate of drug-likeness (QED) is 0.429. The molecule has 0 spiro atoms. The summed E-state index contributed by atoms with van der Waals surface area (Å²) in [4.78, 5) is 8.81. The molecule has 0 aliphatic heterocycles. The smallest absolute Gasteiger partial charge is 0.159 e. The van der Waals surface area contributed by atoms with Crippen molar-refractivity contribution in [2.75, 3.05) is 5.32 Å². The molecule has 5 rings (SSSR count). The van der Waals surface area contributed by atoms with Crippen LogP contribution in [0.5, 0.6) is 0 Å². The first-order chi connectivity index (χ1) is 16.3. The Morgan fingerprint density at radius 3 is 2.50 bits per heavy atom. The van der Waals surface area contributed by atoms with Crippen molar-refractivity contribution in [1.82, 2.24) is 29.5 Å². The van der Waals surface area contributed by atoms with Gasteiger partial charge in [-0.05, 0) is 62.9 Å². The first-order valence-electron chi connectivity index (χ1n) is 11.5. The Hall–Kier alpha value is -3.59. The number of hydrogen-bond acceptors (Lipinski definition) is 6. The molecule has 9 heteroatoms. The highest BCUT2D eigenvalue weighted by Gasteiger charge is 2.41. The second kappa shape index (κ2) is 8.32. The summed E-state index contributed by atoms with van der Waals surface area (Å²) < 4.78 is 17.0. The first-order valence-corrected chi connectivity index (χ1v) is 11.5. The van der Waals surface area contributed by atoms with Crippen molar-refractivity contribution in [2.45, 2.75) is 52.1 Å². The van der Waals surface area contributed by atoms with Crippen LogP contribution in [0.15, 0.2) is 36.7 Å². The zero-order chi connectivity index (χ0) is 24.0. The second-order valence-electron chi connectivity index (χ2n) is 9.01. The van der Waals surface area contributed by atoms with Crippen LogP contribution in [0.3, 0.4) is 0 Å². The summed E-state index contributed by atoms with van der Waals surface area (Å²) in [5, 5.41) is 23.1. The average molecular weight is 462 g/mol. The van der Waals surface area contributed by atoms with Gasteiger partial charge in [0.25, 0.3) is 0 Å². The van der Waals surface area contributed by atoms with E-state index in [9.17, 15) is 9.50 Å². The largest absolute Gasteiger partial charge is 0.390 e. The van der Waals surface area contributed by atoms with Gasteiger partial charge in [-0.3, -0.25) is 4.68 Å². The van der Waals surface area contributed by atoms with Crippen molar-refractivity contribution in [2.24, 2.45) is 7.05 Å². The molecule has 8 nitrogen and oxygen atoms in total. The fourth-order valence-corrected chi connectivity index (χ4v) is 4.43. The van der Waals surface area contributed by atoms with Gasteiger partial charge in [-0.15, -0.1) is 0 Å². The second-order valence-corrected chi connectivity index (χ2v) is 9.01. The lowest BCUT2D eigenvalue weighted by Crippen LogP contribution is -2.12. The maximum absolute atomic E-state index is 13.4. The Kier molecular flexibility index (Phi) is 5.44. The molecule has 1 aliphatic rings. The number of benzene rings is 1. The lowest BCUT2D eigenvalue weighted by atomic mass is 10.0. The lowest BCUT2D eigenvalue weighted by Gasteiger charge is -2.10. The summed E-state index contributed by atoms with van der Waals surface area (Å²) in [7, 11) is 1.87. The van der Waals surface area contributed by atoms with E-state index in [0.717, 1.165) is 53.0 Å². The van der Waals surface area contributed by atoms with Gasteiger partial charge < -0.3 is 10.4 Å². The van der Waals surface area contributed by atoms with E-state index in [1.54, 1.807) is 21.5 Å². The van der Waals surface area contributed by atoms with E-state index in [0.29, 0.717) is 23.9 Å². The molecule has 0 atom stereocenters. The van der Waals surface area contributed by atoms with Crippen LogP contribution in [0.2, 0.25) is 0 Å². The van der Waals surface area contributed by atoms with Gasteiger partial charge in [0, 0.05) is 36.4 Å². The van der Waals surface area contributed by atoms with E-state index in [1.807, 2.05) is 27.0 Å². The molecule has 2 N–H and O–H groups in total. The van der Waals surface area contributed by atoms with E-state index < -0.39 is 5.60 Å². The van der Waals surface area contributed by atoms with Gasteiger partial charge >= 0.3 is 0 Å². The molecule has 0 unspecified atom stereocenters. The van der Waals surface area contributed by atoms with E-state index in [4.69, 9.17) is 0 Å². The minimum atomic E-state index is -0.584. The van der Waals surface area contributed by atoms with Crippen molar-refractivity contribution in [1.29, 1.82) is 0 Å². The molecule has 1 aromatic carbocycles. The molecule has 0 amide bonds. The summed E-state index contributed by atoms with van der Waals surface area (Å²) >= 11 is 0. The van der Waals surface area contributed by atoms with Crippen molar-refractivity contribution < 1.29 is 9.50 Å². The molecule has 34 heavy (non-hydrogen) atoms. The summed E-state index contributed by atoms with van der Waals surface area (Å²) in [5.41, 5.74) is 5.19. The van der Waals surface area contributed by atoms with Crippen molar-refractivity contribution in [3.63, 3.8) is 0 Å². The topological polar surface area (TPSA) is 93.7 Å². The Balaban J connectivity index is 1.46. The third-order valence-electron chi connectivity index (χ3n) is 6.51. The van der Waals surface area contributed by atoms with Crippen molar-refractivity contribution >= 4 is 11.6 Å². The Labute approximate surface area is 197 Å². The number of hydrogen-bond donors (Lipinski definition) is 2.